The van der Waals surface area contributed by atoms with E-state index in [2.05, 4.69) is 4.90 Å². The van der Waals surface area contributed by atoms with E-state index in [1.54, 1.807) is 7.11 Å². The van der Waals surface area contributed by atoms with Gasteiger partial charge in [0.25, 0.3) is 0 Å². The number of nitrogens with zero attached hydrogens (tertiary/aromatic N) is 1. The first-order valence-corrected chi connectivity index (χ1v) is 7.50. The Morgan fingerprint density at radius 1 is 1.20 bits per heavy atom. The van der Waals surface area contributed by atoms with Crippen molar-refractivity contribution in [3.63, 3.8) is 0 Å². The first kappa shape index (κ1) is 14.7. The minimum Gasteiger partial charge on any atom is -0.353 e. The fourth-order valence-electron chi connectivity index (χ4n) is 3.37. The molecule has 6 nitrogen and oxygen atoms in total. The Labute approximate surface area is 120 Å². The molecule has 116 valence electrons. The highest BCUT2D eigenvalue weighted by molar-refractivity contribution is 4.96. The molecule has 0 amide bonds. The molecule has 2 N–H and O–H groups in total. The highest BCUT2D eigenvalue weighted by Crippen LogP contribution is 2.39. The molecule has 0 saturated carbocycles. The lowest BCUT2D eigenvalue weighted by atomic mass is 10.0. The smallest absolute Gasteiger partial charge is 0.186 e. The molecule has 3 heterocycles. The molecule has 0 unspecified atom stereocenters. The van der Waals surface area contributed by atoms with Crippen molar-refractivity contribution < 1.29 is 18.9 Å². The van der Waals surface area contributed by atoms with Crippen molar-refractivity contribution >= 4 is 0 Å². The minimum atomic E-state index is -0.557. The summed E-state index contributed by atoms with van der Waals surface area (Å²) in [4.78, 5) is 2.40. The number of fused-ring (bicyclic) bond motifs is 1. The Balaban J connectivity index is 1.62. The van der Waals surface area contributed by atoms with Crippen molar-refractivity contribution in [1.29, 1.82) is 0 Å². The zero-order chi connectivity index (χ0) is 14.3. The molecule has 0 bridgehead atoms. The molecule has 3 saturated heterocycles. The molecule has 0 radical (unpaired) electrons. The van der Waals surface area contributed by atoms with Crippen molar-refractivity contribution in [1.82, 2.24) is 4.90 Å². The number of ether oxygens (including phenoxy) is 4. The zero-order valence-electron chi connectivity index (χ0n) is 12.6. The van der Waals surface area contributed by atoms with Gasteiger partial charge in [-0.05, 0) is 39.8 Å². The van der Waals surface area contributed by atoms with E-state index in [-0.39, 0.29) is 24.6 Å². The molecule has 6 heteroatoms. The number of methoxy groups -OCH3 is 1. The van der Waals surface area contributed by atoms with Crippen LogP contribution in [0.4, 0.5) is 0 Å². The van der Waals surface area contributed by atoms with Gasteiger partial charge in [0.05, 0.1) is 0 Å². The predicted octanol–water partition coefficient (Wildman–Crippen LogP) is 0.301. The predicted molar refractivity (Wildman–Crippen MR) is 73.1 cm³/mol. The average Bonchev–Trinajstić information content (AvgIpc) is 2.86. The third-order valence-electron chi connectivity index (χ3n) is 4.41. The van der Waals surface area contributed by atoms with E-state index in [1.807, 2.05) is 13.8 Å². The van der Waals surface area contributed by atoms with Crippen LogP contribution in [0.1, 0.15) is 26.7 Å². The largest absolute Gasteiger partial charge is 0.353 e. The van der Waals surface area contributed by atoms with Crippen LogP contribution in [0.2, 0.25) is 0 Å². The van der Waals surface area contributed by atoms with E-state index in [0.29, 0.717) is 6.04 Å². The van der Waals surface area contributed by atoms with E-state index < -0.39 is 5.79 Å². The summed E-state index contributed by atoms with van der Waals surface area (Å²) in [6.07, 6.45) is 1.59. The van der Waals surface area contributed by atoms with Crippen LogP contribution in [0.3, 0.4) is 0 Å². The molecule has 0 aromatic carbocycles. The van der Waals surface area contributed by atoms with Gasteiger partial charge in [0.1, 0.15) is 18.3 Å². The summed E-state index contributed by atoms with van der Waals surface area (Å²) in [7, 11) is 1.65. The molecule has 0 aromatic heterocycles. The Bertz CT molecular complexity index is 344. The molecular weight excluding hydrogens is 260 g/mol. The van der Waals surface area contributed by atoms with Crippen LogP contribution in [0, 0.1) is 0 Å². The molecule has 4 atom stereocenters. The molecule has 3 aliphatic rings. The van der Waals surface area contributed by atoms with Crippen LogP contribution in [-0.2, 0) is 18.9 Å². The van der Waals surface area contributed by atoms with Gasteiger partial charge in [-0.3, -0.25) is 0 Å². The minimum absolute atomic E-state index is 0.000972. The zero-order valence-corrected chi connectivity index (χ0v) is 12.6. The number of hydrogen-bond acceptors (Lipinski definition) is 6. The summed E-state index contributed by atoms with van der Waals surface area (Å²) in [5.74, 6) is -0.557. The highest BCUT2D eigenvalue weighted by Gasteiger charge is 2.55. The lowest BCUT2D eigenvalue weighted by Crippen LogP contribution is -2.45. The topological polar surface area (TPSA) is 66.2 Å². The maximum Gasteiger partial charge on any atom is 0.186 e. The summed E-state index contributed by atoms with van der Waals surface area (Å²) in [5, 5.41) is 0. The monoisotopic (exact) mass is 286 g/mol. The SMILES string of the molecule is CO[C@@H]1O[C@H](CN2CCC(N)CC2)[C@H]2OC(C)(C)O[C@@H]12. The summed E-state index contributed by atoms with van der Waals surface area (Å²) < 4.78 is 23.2. The van der Waals surface area contributed by atoms with Gasteiger partial charge in [0, 0.05) is 19.7 Å². The second-order valence-corrected chi connectivity index (χ2v) is 6.48. The lowest BCUT2D eigenvalue weighted by molar-refractivity contribution is -0.228. The van der Waals surface area contributed by atoms with Crippen LogP contribution in [0.5, 0.6) is 0 Å². The fraction of sp³-hybridized carbons (Fsp3) is 1.00. The second kappa shape index (κ2) is 5.51. The summed E-state index contributed by atoms with van der Waals surface area (Å²) in [5.41, 5.74) is 5.95. The van der Waals surface area contributed by atoms with Crippen LogP contribution in [-0.4, -0.2) is 68.1 Å². The van der Waals surface area contributed by atoms with Crippen molar-refractivity contribution in [3.05, 3.63) is 0 Å². The van der Waals surface area contributed by atoms with Gasteiger partial charge < -0.3 is 29.6 Å². The van der Waals surface area contributed by atoms with Gasteiger partial charge in [0.2, 0.25) is 0 Å². The van der Waals surface area contributed by atoms with E-state index in [9.17, 15) is 0 Å². The first-order chi connectivity index (χ1) is 9.48. The second-order valence-electron chi connectivity index (χ2n) is 6.48. The van der Waals surface area contributed by atoms with Gasteiger partial charge in [-0.1, -0.05) is 0 Å². The first-order valence-electron chi connectivity index (χ1n) is 7.50. The molecule has 0 spiro atoms. The molecule has 3 fully saturated rings. The van der Waals surface area contributed by atoms with Crippen molar-refractivity contribution in [3.8, 4) is 0 Å². The quantitative estimate of drug-likeness (QED) is 0.805. The Morgan fingerprint density at radius 2 is 1.85 bits per heavy atom. The van der Waals surface area contributed by atoms with Gasteiger partial charge >= 0.3 is 0 Å². The number of nitrogens with two attached hydrogens (primary N) is 1. The van der Waals surface area contributed by atoms with Crippen molar-refractivity contribution in [2.24, 2.45) is 5.73 Å². The van der Waals surface area contributed by atoms with Gasteiger partial charge in [-0.15, -0.1) is 0 Å². The Kier molecular flexibility index (Phi) is 4.05. The third kappa shape index (κ3) is 2.86. The maximum atomic E-state index is 6.00. The maximum absolute atomic E-state index is 6.00. The lowest BCUT2D eigenvalue weighted by Gasteiger charge is -2.33. The Morgan fingerprint density at radius 3 is 2.50 bits per heavy atom. The summed E-state index contributed by atoms with van der Waals surface area (Å²) >= 11 is 0. The van der Waals surface area contributed by atoms with Crippen molar-refractivity contribution in [2.45, 2.75) is 63.1 Å². The molecule has 3 rings (SSSR count). The molecule has 20 heavy (non-hydrogen) atoms. The summed E-state index contributed by atoms with van der Waals surface area (Å²) in [6, 6.07) is 0.347. The molecular formula is C14H26N2O4. The highest BCUT2D eigenvalue weighted by atomic mass is 16.8. The van der Waals surface area contributed by atoms with E-state index in [1.165, 1.54) is 0 Å². The van der Waals surface area contributed by atoms with Gasteiger partial charge in [-0.25, -0.2) is 0 Å². The van der Waals surface area contributed by atoms with E-state index in [4.69, 9.17) is 24.7 Å². The Hall–Kier alpha value is -0.240. The van der Waals surface area contributed by atoms with Gasteiger partial charge in [-0.2, -0.15) is 0 Å². The fourth-order valence-corrected chi connectivity index (χ4v) is 3.37. The van der Waals surface area contributed by atoms with E-state index >= 15 is 0 Å². The average molecular weight is 286 g/mol. The summed E-state index contributed by atoms with van der Waals surface area (Å²) in [6.45, 7) is 6.79. The standard InChI is InChI=1S/C14H26N2O4/c1-14(2)19-11-10(18-13(17-3)12(11)20-14)8-16-6-4-9(15)5-7-16/h9-13H,4-8,15H2,1-3H3/t10-,11-,12-,13-/m1/s1. The molecule has 0 aliphatic carbocycles. The van der Waals surface area contributed by atoms with Crippen molar-refractivity contribution in [2.75, 3.05) is 26.7 Å². The van der Waals surface area contributed by atoms with Gasteiger partial charge in [0.15, 0.2) is 12.1 Å². The molecule has 0 aromatic rings. The number of rotatable bonds is 3. The van der Waals surface area contributed by atoms with Crippen LogP contribution >= 0.6 is 0 Å². The number of piperidine rings is 1. The molecule has 3 aliphatic heterocycles. The number of likely N-dealkylation sites (tertiary alicyclic amines) is 1. The van der Waals surface area contributed by atoms with E-state index in [0.717, 1.165) is 32.5 Å². The van der Waals surface area contributed by atoms with Crippen LogP contribution in [0.25, 0.3) is 0 Å². The normalized spacial score (nSPS) is 42.0. The third-order valence-corrected chi connectivity index (χ3v) is 4.41. The van der Waals surface area contributed by atoms with Crippen LogP contribution in [0.15, 0.2) is 0 Å². The van der Waals surface area contributed by atoms with Crippen LogP contribution < -0.4 is 5.73 Å². The number of hydrogen-bond donors (Lipinski definition) is 1.